The minimum absolute atomic E-state index is 0.0800. The minimum atomic E-state index is -0.809. The van der Waals surface area contributed by atoms with Crippen LogP contribution in [0.5, 0.6) is 5.75 Å². The van der Waals surface area contributed by atoms with Gasteiger partial charge in [0.25, 0.3) is 0 Å². The zero-order valence-electron chi connectivity index (χ0n) is 20.9. The van der Waals surface area contributed by atoms with Gasteiger partial charge in [-0.15, -0.1) is 0 Å². The van der Waals surface area contributed by atoms with Crippen LogP contribution in [0.2, 0.25) is 0 Å². The third-order valence-electron chi connectivity index (χ3n) is 6.22. The first kappa shape index (κ1) is 26.0. The normalized spacial score (nSPS) is 10.7. The van der Waals surface area contributed by atoms with Gasteiger partial charge in [-0.1, -0.05) is 62.2 Å². The van der Waals surface area contributed by atoms with Gasteiger partial charge >= 0.3 is 5.97 Å². The second-order valence-corrected chi connectivity index (χ2v) is 8.90. The Morgan fingerprint density at radius 2 is 1.60 bits per heavy atom. The number of carbonyl (C=O) groups excluding carboxylic acids is 1. The highest BCUT2D eigenvalue weighted by Crippen LogP contribution is 2.32. The monoisotopic (exact) mass is 473 g/mol. The summed E-state index contributed by atoms with van der Waals surface area (Å²) in [5.74, 6) is 0.141. The average molecular weight is 474 g/mol. The van der Waals surface area contributed by atoms with Crippen LogP contribution in [0.15, 0.2) is 66.7 Å². The van der Waals surface area contributed by atoms with E-state index in [1.807, 2.05) is 55.6 Å². The number of benzene rings is 3. The number of carbonyl (C=O) groups is 2. The highest BCUT2D eigenvalue weighted by atomic mass is 16.5. The Bertz CT molecular complexity index is 1140. The highest BCUT2D eigenvalue weighted by molar-refractivity contribution is 5.78. The molecule has 184 valence electrons. The number of carboxylic acids is 1. The van der Waals surface area contributed by atoms with Crippen LogP contribution in [-0.4, -0.2) is 36.0 Å². The summed E-state index contributed by atoms with van der Waals surface area (Å²) in [4.78, 5) is 25.4. The van der Waals surface area contributed by atoms with Crippen molar-refractivity contribution in [3.63, 3.8) is 0 Å². The Morgan fingerprint density at radius 3 is 2.29 bits per heavy atom. The van der Waals surface area contributed by atoms with Gasteiger partial charge < -0.3 is 14.7 Å². The number of amides is 1. The van der Waals surface area contributed by atoms with Gasteiger partial charge in [0.05, 0.1) is 7.11 Å². The van der Waals surface area contributed by atoms with Crippen LogP contribution in [0.4, 0.5) is 0 Å². The van der Waals surface area contributed by atoms with Crippen LogP contribution in [0.25, 0.3) is 22.3 Å². The van der Waals surface area contributed by atoms with Crippen molar-refractivity contribution in [1.82, 2.24) is 4.90 Å². The Morgan fingerprint density at radius 1 is 0.886 bits per heavy atom. The van der Waals surface area contributed by atoms with E-state index in [-0.39, 0.29) is 12.3 Å². The molecule has 1 N–H and O–H groups in total. The second-order valence-electron chi connectivity index (χ2n) is 8.90. The number of hydrogen-bond donors (Lipinski definition) is 1. The van der Waals surface area contributed by atoms with Crippen LogP contribution in [0.3, 0.4) is 0 Å². The average Bonchev–Trinajstić information content (AvgIpc) is 2.87. The summed E-state index contributed by atoms with van der Waals surface area (Å²) in [6, 6.07) is 22.3. The number of nitrogens with zero attached hydrogens (tertiary/aromatic N) is 1. The molecular weight excluding hydrogens is 438 g/mol. The molecule has 0 heterocycles. The Hall–Kier alpha value is -3.60. The summed E-state index contributed by atoms with van der Waals surface area (Å²) >= 11 is 0. The molecule has 0 radical (unpaired) electrons. The fourth-order valence-corrected chi connectivity index (χ4v) is 4.18. The number of aliphatic carboxylic acids is 1. The zero-order chi connectivity index (χ0) is 25.2. The molecule has 3 aromatic carbocycles. The molecule has 0 aliphatic rings. The van der Waals surface area contributed by atoms with Gasteiger partial charge in [0, 0.05) is 26.4 Å². The number of aryl methyl sites for hydroxylation is 1. The van der Waals surface area contributed by atoms with E-state index in [4.69, 9.17) is 4.74 Å². The van der Waals surface area contributed by atoms with Gasteiger partial charge in [0.15, 0.2) is 0 Å². The van der Waals surface area contributed by atoms with Crippen molar-refractivity contribution in [3.8, 4) is 28.0 Å². The predicted molar refractivity (Wildman–Crippen MR) is 140 cm³/mol. The lowest BCUT2D eigenvalue weighted by Gasteiger charge is -2.18. The summed E-state index contributed by atoms with van der Waals surface area (Å²) in [6.07, 6.45) is 4.24. The fraction of sp³-hybridized carbons (Fsp3) is 0.333. The SMILES string of the molecule is CCCCCC(=O)N(C)Cc1cccc(-c2ccc(CCC(=O)O)c(-c3ccc(OC)cc3)c2)c1. The van der Waals surface area contributed by atoms with Crippen molar-refractivity contribution in [2.45, 2.75) is 52.0 Å². The Labute approximate surface area is 208 Å². The van der Waals surface area contributed by atoms with E-state index in [0.717, 1.165) is 58.4 Å². The molecule has 0 aromatic heterocycles. The lowest BCUT2D eigenvalue weighted by molar-refractivity contribution is -0.137. The molecule has 5 heteroatoms. The smallest absolute Gasteiger partial charge is 0.303 e. The summed E-state index contributed by atoms with van der Waals surface area (Å²) in [7, 11) is 3.50. The van der Waals surface area contributed by atoms with Crippen LogP contribution < -0.4 is 4.74 Å². The molecule has 0 atom stereocenters. The third-order valence-corrected chi connectivity index (χ3v) is 6.22. The molecule has 1 amide bonds. The molecular formula is C30H35NO4. The summed E-state index contributed by atoms with van der Waals surface area (Å²) < 4.78 is 5.29. The maximum absolute atomic E-state index is 12.4. The number of rotatable bonds is 12. The predicted octanol–water partition coefficient (Wildman–Crippen LogP) is 6.59. The van der Waals surface area contributed by atoms with Gasteiger partial charge in [0.1, 0.15) is 5.75 Å². The Balaban J connectivity index is 1.87. The molecule has 0 unspecified atom stereocenters. The van der Waals surface area contributed by atoms with E-state index < -0.39 is 5.97 Å². The topological polar surface area (TPSA) is 66.8 Å². The van der Waals surface area contributed by atoms with E-state index in [0.29, 0.717) is 19.4 Å². The number of ether oxygens (including phenoxy) is 1. The minimum Gasteiger partial charge on any atom is -0.497 e. The van der Waals surface area contributed by atoms with Crippen molar-refractivity contribution in [2.24, 2.45) is 0 Å². The summed E-state index contributed by atoms with van der Waals surface area (Å²) in [5, 5.41) is 9.19. The highest BCUT2D eigenvalue weighted by Gasteiger charge is 2.12. The van der Waals surface area contributed by atoms with Crippen molar-refractivity contribution in [1.29, 1.82) is 0 Å². The van der Waals surface area contributed by atoms with Crippen molar-refractivity contribution in [3.05, 3.63) is 77.9 Å². The van der Waals surface area contributed by atoms with E-state index in [2.05, 4.69) is 25.1 Å². The number of carboxylic acid groups (broad SMARTS) is 1. The fourth-order valence-electron chi connectivity index (χ4n) is 4.18. The molecule has 0 spiro atoms. The van der Waals surface area contributed by atoms with E-state index in [1.54, 1.807) is 12.0 Å². The molecule has 0 aliphatic carbocycles. The lowest BCUT2D eigenvalue weighted by atomic mass is 9.92. The van der Waals surface area contributed by atoms with Crippen LogP contribution in [-0.2, 0) is 22.6 Å². The standard InChI is InChI=1S/C30H35NO4/c1-4-5-6-10-29(32)31(2)21-22-8-7-9-25(19-22)26-12-11-23(15-18-30(33)34)28(20-26)24-13-16-27(35-3)17-14-24/h7-9,11-14,16-17,19-20H,4-6,10,15,18,21H2,1-3H3,(H,33,34). The van der Waals surface area contributed by atoms with Crippen molar-refractivity contribution >= 4 is 11.9 Å². The second kappa shape index (κ2) is 12.7. The molecule has 35 heavy (non-hydrogen) atoms. The molecule has 0 saturated carbocycles. The maximum Gasteiger partial charge on any atom is 0.303 e. The number of hydrogen-bond acceptors (Lipinski definition) is 3. The van der Waals surface area contributed by atoms with Gasteiger partial charge in [-0.25, -0.2) is 0 Å². The molecule has 0 fully saturated rings. The largest absolute Gasteiger partial charge is 0.497 e. The molecule has 0 aliphatic heterocycles. The molecule has 3 aromatic rings. The molecule has 5 nitrogen and oxygen atoms in total. The van der Waals surface area contributed by atoms with Crippen molar-refractivity contribution < 1.29 is 19.4 Å². The van der Waals surface area contributed by atoms with E-state index in [1.165, 1.54) is 0 Å². The van der Waals surface area contributed by atoms with Crippen LogP contribution in [0.1, 0.15) is 50.2 Å². The first-order chi connectivity index (χ1) is 16.9. The van der Waals surface area contributed by atoms with Crippen molar-refractivity contribution in [2.75, 3.05) is 14.2 Å². The third kappa shape index (κ3) is 7.44. The number of unbranched alkanes of at least 4 members (excludes halogenated alkanes) is 2. The zero-order valence-corrected chi connectivity index (χ0v) is 20.9. The van der Waals surface area contributed by atoms with Gasteiger partial charge in [-0.3, -0.25) is 9.59 Å². The quantitative estimate of drug-likeness (QED) is 0.302. The molecule has 0 saturated heterocycles. The summed E-state index contributed by atoms with van der Waals surface area (Å²) in [6.45, 7) is 2.71. The molecule has 3 rings (SSSR count). The lowest BCUT2D eigenvalue weighted by Crippen LogP contribution is -2.25. The van der Waals surface area contributed by atoms with Crippen LogP contribution >= 0.6 is 0 Å². The molecule has 0 bridgehead atoms. The van der Waals surface area contributed by atoms with Crippen LogP contribution in [0, 0.1) is 0 Å². The first-order valence-electron chi connectivity index (χ1n) is 12.2. The number of methoxy groups -OCH3 is 1. The van der Waals surface area contributed by atoms with Gasteiger partial charge in [-0.2, -0.15) is 0 Å². The summed E-state index contributed by atoms with van der Waals surface area (Å²) in [5.41, 5.74) is 6.22. The Kier molecular flexibility index (Phi) is 9.47. The van der Waals surface area contributed by atoms with E-state index in [9.17, 15) is 14.7 Å². The van der Waals surface area contributed by atoms with E-state index >= 15 is 0 Å². The first-order valence-corrected chi connectivity index (χ1v) is 12.2. The van der Waals surface area contributed by atoms with Gasteiger partial charge in [-0.05, 0) is 70.5 Å². The maximum atomic E-state index is 12.4. The van der Waals surface area contributed by atoms with Gasteiger partial charge in [0.2, 0.25) is 5.91 Å².